The van der Waals surface area contributed by atoms with E-state index in [0.29, 0.717) is 11.5 Å². The summed E-state index contributed by atoms with van der Waals surface area (Å²) in [7, 11) is 0. The van der Waals surface area contributed by atoms with Crippen LogP contribution >= 0.6 is 11.3 Å². The summed E-state index contributed by atoms with van der Waals surface area (Å²) < 4.78 is 1.15. The van der Waals surface area contributed by atoms with Gasteiger partial charge in [0.05, 0.1) is 27.4 Å². The van der Waals surface area contributed by atoms with Crippen LogP contribution in [0.15, 0.2) is 66.6 Å². The quantitative estimate of drug-likeness (QED) is 0.409. The molecular weight excluding hydrogens is 390 g/mol. The van der Waals surface area contributed by atoms with E-state index in [0.717, 1.165) is 38.8 Å². The Morgan fingerprint density at radius 3 is 2.67 bits per heavy atom. The first-order valence-electron chi connectivity index (χ1n) is 9.60. The minimum atomic E-state index is 0.676. The SMILES string of the molecule is CCc1ccc(C#Cc2cc3c(Nc4ccc5scnc5c4)ncnc3cn2)cc1. The van der Waals surface area contributed by atoms with Crippen molar-refractivity contribution in [3.63, 3.8) is 0 Å². The number of aryl methyl sites for hydroxylation is 1. The van der Waals surface area contributed by atoms with Crippen molar-refractivity contribution >= 4 is 44.0 Å². The summed E-state index contributed by atoms with van der Waals surface area (Å²) >= 11 is 1.62. The first kappa shape index (κ1) is 18.2. The van der Waals surface area contributed by atoms with E-state index in [2.05, 4.69) is 62.2 Å². The van der Waals surface area contributed by atoms with Crippen LogP contribution in [0.1, 0.15) is 23.7 Å². The third-order valence-electron chi connectivity index (χ3n) is 4.81. The molecule has 0 amide bonds. The predicted molar refractivity (Wildman–Crippen MR) is 122 cm³/mol. The summed E-state index contributed by atoms with van der Waals surface area (Å²) in [5.74, 6) is 7.05. The number of hydrogen-bond donors (Lipinski definition) is 1. The summed E-state index contributed by atoms with van der Waals surface area (Å²) in [6.07, 6.45) is 4.29. The molecule has 3 heterocycles. The third kappa shape index (κ3) is 3.71. The van der Waals surface area contributed by atoms with Crippen LogP contribution in [0.5, 0.6) is 0 Å². The molecule has 30 heavy (non-hydrogen) atoms. The lowest BCUT2D eigenvalue weighted by Crippen LogP contribution is -1.97. The number of pyridine rings is 1. The van der Waals surface area contributed by atoms with Crippen molar-refractivity contribution in [3.8, 4) is 11.8 Å². The number of nitrogens with one attached hydrogen (secondary N) is 1. The standard InChI is InChI=1S/C24H17N5S/c1-2-16-3-5-17(6-4-16)7-8-18-11-20-22(13-25-18)26-14-27-24(20)29-19-9-10-23-21(12-19)28-15-30-23/h3-6,9-15H,2H2,1H3,(H,26,27,29). The van der Waals surface area contributed by atoms with Gasteiger partial charge < -0.3 is 5.32 Å². The molecule has 2 aromatic carbocycles. The topological polar surface area (TPSA) is 63.6 Å². The first-order chi connectivity index (χ1) is 14.8. The molecule has 3 aromatic heterocycles. The van der Waals surface area contributed by atoms with Gasteiger partial charge in [0, 0.05) is 16.6 Å². The Kier molecular flexibility index (Phi) is 4.80. The molecule has 0 radical (unpaired) electrons. The molecule has 0 saturated carbocycles. The van der Waals surface area contributed by atoms with Crippen LogP contribution in [0.3, 0.4) is 0 Å². The zero-order chi connectivity index (χ0) is 20.3. The van der Waals surface area contributed by atoms with Gasteiger partial charge in [-0.05, 0) is 54.3 Å². The molecule has 5 rings (SSSR count). The van der Waals surface area contributed by atoms with Crippen molar-refractivity contribution in [1.82, 2.24) is 19.9 Å². The molecular formula is C24H17N5S. The molecule has 6 heteroatoms. The molecule has 5 nitrogen and oxygen atoms in total. The second kappa shape index (κ2) is 7.90. The van der Waals surface area contributed by atoms with Gasteiger partial charge >= 0.3 is 0 Å². The molecule has 0 spiro atoms. The number of anilines is 2. The molecule has 0 unspecified atom stereocenters. The van der Waals surface area contributed by atoms with Crippen molar-refractivity contribution in [2.45, 2.75) is 13.3 Å². The van der Waals surface area contributed by atoms with Gasteiger partial charge in [-0.3, -0.25) is 0 Å². The molecule has 144 valence electrons. The third-order valence-corrected chi connectivity index (χ3v) is 5.62. The fourth-order valence-corrected chi connectivity index (χ4v) is 3.82. The van der Waals surface area contributed by atoms with Crippen molar-refractivity contribution < 1.29 is 0 Å². The maximum atomic E-state index is 4.44. The lowest BCUT2D eigenvalue weighted by Gasteiger charge is -2.08. The Balaban J connectivity index is 1.48. The van der Waals surface area contributed by atoms with Gasteiger partial charge in [0.1, 0.15) is 17.8 Å². The summed E-state index contributed by atoms with van der Waals surface area (Å²) in [6, 6.07) is 16.3. The van der Waals surface area contributed by atoms with Crippen LogP contribution in [-0.2, 0) is 6.42 Å². The number of aromatic nitrogens is 4. The van der Waals surface area contributed by atoms with Crippen LogP contribution in [0.25, 0.3) is 21.1 Å². The first-order valence-corrected chi connectivity index (χ1v) is 10.5. The number of hydrogen-bond acceptors (Lipinski definition) is 6. The van der Waals surface area contributed by atoms with Crippen LogP contribution in [0.4, 0.5) is 11.5 Å². The summed E-state index contributed by atoms with van der Waals surface area (Å²) in [5.41, 5.74) is 7.44. The fraction of sp³-hybridized carbons (Fsp3) is 0.0833. The Morgan fingerprint density at radius 2 is 1.80 bits per heavy atom. The highest BCUT2D eigenvalue weighted by Crippen LogP contribution is 2.26. The lowest BCUT2D eigenvalue weighted by molar-refractivity contribution is 1.14. The summed E-state index contributed by atoms with van der Waals surface area (Å²) in [5, 5.41) is 4.25. The van der Waals surface area contributed by atoms with Crippen molar-refractivity contribution in [1.29, 1.82) is 0 Å². The molecule has 0 fully saturated rings. The van der Waals surface area contributed by atoms with Gasteiger partial charge in [-0.1, -0.05) is 25.0 Å². The van der Waals surface area contributed by atoms with Gasteiger partial charge in [0.2, 0.25) is 0 Å². The van der Waals surface area contributed by atoms with E-state index < -0.39 is 0 Å². The molecule has 0 aliphatic carbocycles. The van der Waals surface area contributed by atoms with E-state index in [9.17, 15) is 0 Å². The van der Waals surface area contributed by atoms with E-state index in [1.165, 1.54) is 11.9 Å². The van der Waals surface area contributed by atoms with Gasteiger partial charge in [0.25, 0.3) is 0 Å². The van der Waals surface area contributed by atoms with E-state index in [-0.39, 0.29) is 0 Å². The summed E-state index contributed by atoms with van der Waals surface area (Å²) in [4.78, 5) is 17.6. The Labute approximate surface area is 177 Å². The Bertz CT molecular complexity index is 1410. The molecule has 0 saturated heterocycles. The van der Waals surface area contributed by atoms with Gasteiger partial charge in [-0.2, -0.15) is 0 Å². The number of nitrogens with zero attached hydrogens (tertiary/aromatic N) is 4. The zero-order valence-corrected chi connectivity index (χ0v) is 17.1. The second-order valence-corrected chi connectivity index (χ2v) is 7.66. The monoisotopic (exact) mass is 407 g/mol. The molecule has 5 aromatic rings. The zero-order valence-electron chi connectivity index (χ0n) is 16.3. The van der Waals surface area contributed by atoms with Gasteiger partial charge in [0.15, 0.2) is 0 Å². The number of thiazole rings is 1. The Morgan fingerprint density at radius 1 is 0.900 bits per heavy atom. The number of benzene rings is 2. The largest absolute Gasteiger partial charge is 0.340 e. The van der Waals surface area contributed by atoms with E-state index >= 15 is 0 Å². The van der Waals surface area contributed by atoms with E-state index in [4.69, 9.17) is 0 Å². The molecule has 1 N–H and O–H groups in total. The molecule has 0 aliphatic rings. The second-order valence-electron chi connectivity index (χ2n) is 6.77. The normalized spacial score (nSPS) is 10.7. The number of fused-ring (bicyclic) bond motifs is 2. The van der Waals surface area contributed by atoms with Crippen LogP contribution in [0, 0.1) is 11.8 Å². The van der Waals surface area contributed by atoms with Gasteiger partial charge in [-0.25, -0.2) is 19.9 Å². The minimum absolute atomic E-state index is 0.676. The highest BCUT2D eigenvalue weighted by molar-refractivity contribution is 7.16. The molecule has 0 bridgehead atoms. The highest BCUT2D eigenvalue weighted by Gasteiger charge is 2.07. The maximum Gasteiger partial charge on any atom is 0.141 e. The van der Waals surface area contributed by atoms with Crippen LogP contribution in [0.2, 0.25) is 0 Å². The summed E-state index contributed by atoms with van der Waals surface area (Å²) in [6.45, 7) is 2.14. The Hall–Kier alpha value is -3.82. The van der Waals surface area contributed by atoms with E-state index in [1.54, 1.807) is 17.5 Å². The van der Waals surface area contributed by atoms with Crippen molar-refractivity contribution in [2.24, 2.45) is 0 Å². The predicted octanol–water partition coefficient (Wildman–Crippen LogP) is 5.34. The van der Waals surface area contributed by atoms with Crippen LogP contribution < -0.4 is 5.32 Å². The average Bonchev–Trinajstić information content (AvgIpc) is 3.26. The van der Waals surface area contributed by atoms with Gasteiger partial charge in [-0.15, -0.1) is 11.3 Å². The van der Waals surface area contributed by atoms with Crippen molar-refractivity contribution in [3.05, 3.63) is 83.4 Å². The molecule has 0 aliphatic heterocycles. The van der Waals surface area contributed by atoms with Crippen LogP contribution in [-0.4, -0.2) is 19.9 Å². The van der Waals surface area contributed by atoms with E-state index in [1.807, 2.05) is 35.8 Å². The molecule has 0 atom stereocenters. The smallest absolute Gasteiger partial charge is 0.141 e. The fourth-order valence-electron chi connectivity index (χ4n) is 3.16. The maximum absolute atomic E-state index is 4.44. The highest BCUT2D eigenvalue weighted by atomic mass is 32.1. The lowest BCUT2D eigenvalue weighted by atomic mass is 10.1. The van der Waals surface area contributed by atoms with Crippen molar-refractivity contribution in [2.75, 3.05) is 5.32 Å². The average molecular weight is 408 g/mol. The number of rotatable bonds is 3. The minimum Gasteiger partial charge on any atom is -0.340 e.